The SMILES string of the molecule is C[C@@H](NCC(=O)NC1CCCCC1)C1CCCCC1. The molecule has 0 bridgehead atoms. The molecule has 2 aliphatic rings. The Hall–Kier alpha value is -0.570. The fourth-order valence-electron chi connectivity index (χ4n) is 3.58. The molecular weight excluding hydrogens is 236 g/mol. The van der Waals surface area contributed by atoms with E-state index in [4.69, 9.17) is 0 Å². The van der Waals surface area contributed by atoms with Gasteiger partial charge in [-0.25, -0.2) is 0 Å². The molecule has 19 heavy (non-hydrogen) atoms. The molecular formula is C16H30N2O. The molecule has 0 heterocycles. The van der Waals surface area contributed by atoms with Crippen LogP contribution in [0.5, 0.6) is 0 Å². The average molecular weight is 266 g/mol. The van der Waals surface area contributed by atoms with Gasteiger partial charge >= 0.3 is 0 Å². The summed E-state index contributed by atoms with van der Waals surface area (Å²) in [5, 5.41) is 6.61. The molecule has 0 saturated heterocycles. The van der Waals surface area contributed by atoms with Gasteiger partial charge in [-0.1, -0.05) is 38.5 Å². The maximum Gasteiger partial charge on any atom is 0.234 e. The van der Waals surface area contributed by atoms with Gasteiger partial charge < -0.3 is 10.6 Å². The maximum absolute atomic E-state index is 11.9. The number of carbonyl (C=O) groups is 1. The summed E-state index contributed by atoms with van der Waals surface area (Å²) in [5.74, 6) is 0.964. The van der Waals surface area contributed by atoms with Crippen molar-refractivity contribution < 1.29 is 4.79 Å². The Morgan fingerprint density at radius 3 is 2.21 bits per heavy atom. The number of rotatable bonds is 5. The van der Waals surface area contributed by atoms with Crippen LogP contribution in [0, 0.1) is 5.92 Å². The second-order valence-electron chi connectivity index (χ2n) is 6.47. The smallest absolute Gasteiger partial charge is 0.234 e. The van der Waals surface area contributed by atoms with Crippen LogP contribution in [0.25, 0.3) is 0 Å². The first kappa shape index (κ1) is 14.8. The molecule has 0 unspecified atom stereocenters. The quantitative estimate of drug-likeness (QED) is 0.803. The minimum atomic E-state index is 0.189. The van der Waals surface area contributed by atoms with Gasteiger partial charge in [-0.3, -0.25) is 4.79 Å². The van der Waals surface area contributed by atoms with Crippen molar-refractivity contribution in [2.75, 3.05) is 6.54 Å². The highest BCUT2D eigenvalue weighted by Crippen LogP contribution is 2.26. The average Bonchev–Trinajstić information content (AvgIpc) is 2.47. The van der Waals surface area contributed by atoms with E-state index in [2.05, 4.69) is 17.6 Å². The van der Waals surface area contributed by atoms with Crippen LogP contribution >= 0.6 is 0 Å². The summed E-state index contributed by atoms with van der Waals surface area (Å²) in [6.07, 6.45) is 13.0. The number of nitrogens with one attached hydrogen (secondary N) is 2. The molecule has 110 valence electrons. The Balaban J connectivity index is 1.61. The van der Waals surface area contributed by atoms with Crippen molar-refractivity contribution in [1.82, 2.24) is 10.6 Å². The summed E-state index contributed by atoms with van der Waals surface area (Å²) in [4.78, 5) is 11.9. The van der Waals surface area contributed by atoms with E-state index < -0.39 is 0 Å². The van der Waals surface area contributed by atoms with Crippen LogP contribution in [0.3, 0.4) is 0 Å². The predicted molar refractivity (Wildman–Crippen MR) is 79.1 cm³/mol. The van der Waals surface area contributed by atoms with Gasteiger partial charge in [-0.15, -0.1) is 0 Å². The van der Waals surface area contributed by atoms with Crippen molar-refractivity contribution >= 4 is 5.91 Å². The largest absolute Gasteiger partial charge is 0.352 e. The van der Waals surface area contributed by atoms with E-state index in [0.717, 1.165) is 5.92 Å². The van der Waals surface area contributed by atoms with Crippen LogP contribution in [0.15, 0.2) is 0 Å². The number of amides is 1. The van der Waals surface area contributed by atoms with E-state index >= 15 is 0 Å². The molecule has 0 radical (unpaired) electrons. The van der Waals surface area contributed by atoms with Crippen LogP contribution < -0.4 is 10.6 Å². The molecule has 1 atom stereocenters. The van der Waals surface area contributed by atoms with Crippen molar-refractivity contribution in [3.63, 3.8) is 0 Å². The van der Waals surface area contributed by atoms with Gasteiger partial charge in [0.2, 0.25) is 5.91 Å². The fourth-order valence-corrected chi connectivity index (χ4v) is 3.58. The van der Waals surface area contributed by atoms with E-state index in [9.17, 15) is 4.79 Å². The molecule has 0 aromatic rings. The molecule has 2 N–H and O–H groups in total. The van der Waals surface area contributed by atoms with E-state index in [1.165, 1.54) is 64.2 Å². The third-order valence-corrected chi connectivity index (χ3v) is 4.91. The summed E-state index contributed by atoms with van der Waals surface area (Å²) in [7, 11) is 0. The van der Waals surface area contributed by atoms with Crippen molar-refractivity contribution in [1.29, 1.82) is 0 Å². The molecule has 0 aromatic carbocycles. The van der Waals surface area contributed by atoms with E-state index in [1.807, 2.05) is 0 Å². The van der Waals surface area contributed by atoms with Crippen LogP contribution in [-0.2, 0) is 4.79 Å². The third kappa shape index (κ3) is 5.13. The number of hydrogen-bond donors (Lipinski definition) is 2. The van der Waals surface area contributed by atoms with E-state index in [1.54, 1.807) is 0 Å². The molecule has 1 amide bonds. The van der Waals surface area contributed by atoms with Gasteiger partial charge in [0.05, 0.1) is 6.54 Å². The zero-order valence-electron chi connectivity index (χ0n) is 12.4. The zero-order valence-corrected chi connectivity index (χ0v) is 12.4. The van der Waals surface area contributed by atoms with Crippen molar-refractivity contribution in [2.24, 2.45) is 5.92 Å². The molecule has 0 spiro atoms. The Morgan fingerprint density at radius 1 is 1.00 bits per heavy atom. The lowest BCUT2D eigenvalue weighted by Gasteiger charge is -2.28. The lowest BCUT2D eigenvalue weighted by atomic mass is 9.84. The number of hydrogen-bond acceptors (Lipinski definition) is 2. The van der Waals surface area contributed by atoms with Gasteiger partial charge in [-0.2, -0.15) is 0 Å². The molecule has 2 rings (SSSR count). The number of carbonyl (C=O) groups excluding carboxylic acids is 1. The van der Waals surface area contributed by atoms with Crippen molar-refractivity contribution in [3.05, 3.63) is 0 Å². The predicted octanol–water partition coefficient (Wildman–Crippen LogP) is 2.99. The van der Waals surface area contributed by atoms with Gasteiger partial charge in [-0.05, 0) is 38.5 Å². The summed E-state index contributed by atoms with van der Waals surface area (Å²) < 4.78 is 0. The first-order valence-corrected chi connectivity index (χ1v) is 8.28. The molecule has 3 heteroatoms. The second-order valence-corrected chi connectivity index (χ2v) is 6.47. The summed E-state index contributed by atoms with van der Waals surface area (Å²) in [6, 6.07) is 0.922. The topological polar surface area (TPSA) is 41.1 Å². The van der Waals surface area contributed by atoms with Gasteiger partial charge in [0.25, 0.3) is 0 Å². The highest BCUT2D eigenvalue weighted by atomic mass is 16.1. The molecule has 3 nitrogen and oxygen atoms in total. The standard InChI is InChI=1S/C16H30N2O/c1-13(14-8-4-2-5-9-14)17-12-16(19)18-15-10-6-3-7-11-15/h13-15,17H,2-12H2,1H3,(H,18,19)/t13-/m1/s1. The molecule has 2 fully saturated rings. The lowest BCUT2D eigenvalue weighted by Crippen LogP contribution is -2.45. The molecule has 2 saturated carbocycles. The second kappa shape index (κ2) is 7.88. The van der Waals surface area contributed by atoms with Crippen LogP contribution in [0.2, 0.25) is 0 Å². The minimum Gasteiger partial charge on any atom is -0.352 e. The highest BCUT2D eigenvalue weighted by Gasteiger charge is 2.21. The molecule has 0 aliphatic heterocycles. The Labute approximate surface area is 117 Å². The van der Waals surface area contributed by atoms with E-state index in [0.29, 0.717) is 18.6 Å². The Kier molecular flexibility index (Phi) is 6.15. The fraction of sp³-hybridized carbons (Fsp3) is 0.938. The molecule has 2 aliphatic carbocycles. The van der Waals surface area contributed by atoms with Gasteiger partial charge in [0.15, 0.2) is 0 Å². The van der Waals surface area contributed by atoms with Crippen LogP contribution in [0.1, 0.15) is 71.1 Å². The van der Waals surface area contributed by atoms with Gasteiger partial charge in [0.1, 0.15) is 0 Å². The Morgan fingerprint density at radius 2 is 1.58 bits per heavy atom. The zero-order chi connectivity index (χ0) is 13.5. The maximum atomic E-state index is 11.9. The molecule has 0 aromatic heterocycles. The first-order valence-electron chi connectivity index (χ1n) is 8.28. The normalized spacial score (nSPS) is 24.1. The van der Waals surface area contributed by atoms with Gasteiger partial charge in [0, 0.05) is 12.1 Å². The van der Waals surface area contributed by atoms with Crippen LogP contribution in [0.4, 0.5) is 0 Å². The van der Waals surface area contributed by atoms with E-state index in [-0.39, 0.29) is 5.91 Å². The Bertz CT molecular complexity index is 268. The summed E-state index contributed by atoms with van der Waals surface area (Å²) in [5.41, 5.74) is 0. The lowest BCUT2D eigenvalue weighted by molar-refractivity contribution is -0.121. The third-order valence-electron chi connectivity index (χ3n) is 4.91. The monoisotopic (exact) mass is 266 g/mol. The van der Waals surface area contributed by atoms with Crippen LogP contribution in [-0.4, -0.2) is 24.5 Å². The van der Waals surface area contributed by atoms with Crippen molar-refractivity contribution in [2.45, 2.75) is 83.2 Å². The van der Waals surface area contributed by atoms with Crippen molar-refractivity contribution in [3.8, 4) is 0 Å². The summed E-state index contributed by atoms with van der Waals surface area (Å²) >= 11 is 0. The first-order chi connectivity index (χ1) is 9.25. The summed E-state index contributed by atoms with van der Waals surface area (Å²) in [6.45, 7) is 2.73. The minimum absolute atomic E-state index is 0.189. The highest BCUT2D eigenvalue weighted by molar-refractivity contribution is 5.78.